The summed E-state index contributed by atoms with van der Waals surface area (Å²) in [4.78, 5) is 24.6. The van der Waals surface area contributed by atoms with E-state index in [0.717, 1.165) is 19.3 Å². The van der Waals surface area contributed by atoms with E-state index >= 15 is 0 Å². The van der Waals surface area contributed by atoms with E-state index in [1.807, 2.05) is 0 Å². The zero-order valence-corrected chi connectivity index (χ0v) is 15.4. The molecular weight excluding hydrogens is 344 g/mol. The molecule has 2 amide bonds. The first-order valence-corrected chi connectivity index (χ1v) is 8.87. The topological polar surface area (TPSA) is 76.7 Å². The molecule has 0 spiro atoms. The van der Waals surface area contributed by atoms with Gasteiger partial charge in [0.25, 0.3) is 0 Å². The van der Waals surface area contributed by atoms with Crippen LogP contribution < -0.4 is 15.4 Å². The maximum absolute atomic E-state index is 13.0. The lowest BCUT2D eigenvalue weighted by Gasteiger charge is -2.36. The van der Waals surface area contributed by atoms with E-state index in [-0.39, 0.29) is 11.8 Å². The summed E-state index contributed by atoms with van der Waals surface area (Å²) in [5, 5.41) is 6.16. The number of hydrogen-bond donors (Lipinski definition) is 2. The molecule has 1 aromatic rings. The van der Waals surface area contributed by atoms with Gasteiger partial charge in [-0.3, -0.25) is 9.59 Å². The first-order chi connectivity index (χ1) is 12.0. The predicted octanol–water partition coefficient (Wildman–Crippen LogP) is 3.14. The first kappa shape index (κ1) is 19.5. The number of ether oxygens (including phenoxy) is 2. The van der Waals surface area contributed by atoms with Gasteiger partial charge in [-0.25, -0.2) is 0 Å². The van der Waals surface area contributed by atoms with Crippen LogP contribution in [0.25, 0.3) is 0 Å². The molecule has 138 valence electrons. The van der Waals surface area contributed by atoms with Crippen molar-refractivity contribution in [3.63, 3.8) is 0 Å². The van der Waals surface area contributed by atoms with Crippen molar-refractivity contribution in [1.82, 2.24) is 5.32 Å². The summed E-state index contributed by atoms with van der Waals surface area (Å²) in [5.74, 6) is -0.0377. The summed E-state index contributed by atoms with van der Waals surface area (Å²) in [7, 11) is 1.58. The zero-order valence-electron chi connectivity index (χ0n) is 14.7. The summed E-state index contributed by atoms with van der Waals surface area (Å²) < 4.78 is 10.6. The summed E-state index contributed by atoms with van der Waals surface area (Å²) in [6.45, 7) is 2.16. The van der Waals surface area contributed by atoms with Gasteiger partial charge >= 0.3 is 0 Å². The molecule has 0 saturated heterocycles. The van der Waals surface area contributed by atoms with Crippen molar-refractivity contribution in [2.75, 3.05) is 25.6 Å². The van der Waals surface area contributed by atoms with Crippen LogP contribution in [0.5, 0.6) is 5.75 Å². The van der Waals surface area contributed by atoms with Gasteiger partial charge in [0, 0.05) is 14.0 Å². The lowest BCUT2D eigenvalue weighted by Crippen LogP contribution is -2.57. The zero-order chi connectivity index (χ0) is 18.3. The number of benzene rings is 1. The molecule has 1 aromatic carbocycles. The quantitative estimate of drug-likeness (QED) is 0.725. The number of rotatable bonds is 7. The second-order valence-electron chi connectivity index (χ2n) is 6.24. The SMILES string of the molecule is COCCOc1c(Cl)cccc1NC(=O)C1(NC(C)=O)CCCCC1. The van der Waals surface area contributed by atoms with Crippen LogP contribution in [-0.2, 0) is 14.3 Å². The molecule has 1 aliphatic rings. The van der Waals surface area contributed by atoms with E-state index < -0.39 is 5.54 Å². The lowest BCUT2D eigenvalue weighted by molar-refractivity contribution is -0.130. The van der Waals surface area contributed by atoms with Crippen molar-refractivity contribution in [2.45, 2.75) is 44.6 Å². The van der Waals surface area contributed by atoms with Gasteiger partial charge in [0.2, 0.25) is 11.8 Å². The molecular formula is C18H25ClN2O4. The highest BCUT2D eigenvalue weighted by atomic mass is 35.5. The molecule has 2 N–H and O–H groups in total. The van der Waals surface area contributed by atoms with E-state index in [9.17, 15) is 9.59 Å². The number of para-hydroxylation sites is 1. The van der Waals surface area contributed by atoms with Gasteiger partial charge in [0.05, 0.1) is 17.3 Å². The largest absolute Gasteiger partial charge is 0.487 e. The van der Waals surface area contributed by atoms with E-state index in [0.29, 0.717) is 42.5 Å². The maximum Gasteiger partial charge on any atom is 0.250 e. The fourth-order valence-corrected chi connectivity index (χ4v) is 3.35. The molecule has 2 rings (SSSR count). The Bertz CT molecular complexity index is 615. The Hall–Kier alpha value is -1.79. The minimum absolute atomic E-state index is 0.209. The molecule has 1 saturated carbocycles. The van der Waals surface area contributed by atoms with Gasteiger partial charge in [0.15, 0.2) is 5.75 Å². The molecule has 0 unspecified atom stereocenters. The number of carbonyl (C=O) groups is 2. The number of amides is 2. The molecule has 6 nitrogen and oxygen atoms in total. The van der Waals surface area contributed by atoms with Crippen LogP contribution in [0.15, 0.2) is 18.2 Å². The molecule has 0 aromatic heterocycles. The molecule has 1 aliphatic carbocycles. The molecule has 25 heavy (non-hydrogen) atoms. The number of halogens is 1. The predicted molar refractivity (Wildman–Crippen MR) is 97.1 cm³/mol. The van der Waals surface area contributed by atoms with Gasteiger partial charge in [0.1, 0.15) is 12.1 Å². The van der Waals surface area contributed by atoms with E-state index in [2.05, 4.69) is 10.6 Å². The van der Waals surface area contributed by atoms with Gasteiger partial charge in [-0.2, -0.15) is 0 Å². The Labute approximate surface area is 153 Å². The highest BCUT2D eigenvalue weighted by Gasteiger charge is 2.40. The van der Waals surface area contributed by atoms with Crippen molar-refractivity contribution >= 4 is 29.1 Å². The number of carbonyl (C=O) groups excluding carboxylic acids is 2. The van der Waals surface area contributed by atoms with Gasteiger partial charge in [-0.1, -0.05) is 36.9 Å². The average Bonchev–Trinajstić information content (AvgIpc) is 2.57. The fourth-order valence-electron chi connectivity index (χ4n) is 3.12. The Morgan fingerprint density at radius 1 is 1.20 bits per heavy atom. The van der Waals surface area contributed by atoms with Crippen molar-refractivity contribution < 1.29 is 19.1 Å². The van der Waals surface area contributed by atoms with Crippen molar-refractivity contribution in [3.8, 4) is 5.75 Å². The molecule has 1 fully saturated rings. The Balaban J connectivity index is 2.20. The van der Waals surface area contributed by atoms with Crippen LogP contribution in [0, 0.1) is 0 Å². The third kappa shape index (κ3) is 5.09. The molecule has 7 heteroatoms. The van der Waals surface area contributed by atoms with Crippen LogP contribution in [0.1, 0.15) is 39.0 Å². The summed E-state index contributed by atoms with van der Waals surface area (Å²) in [6, 6.07) is 5.17. The Morgan fingerprint density at radius 3 is 2.56 bits per heavy atom. The summed E-state index contributed by atoms with van der Waals surface area (Å²) in [6.07, 6.45) is 4.12. The second-order valence-corrected chi connectivity index (χ2v) is 6.64. The number of anilines is 1. The molecule has 0 bridgehead atoms. The van der Waals surface area contributed by atoms with E-state index in [1.54, 1.807) is 25.3 Å². The van der Waals surface area contributed by atoms with E-state index in [4.69, 9.17) is 21.1 Å². The first-order valence-electron chi connectivity index (χ1n) is 8.49. The minimum atomic E-state index is -0.879. The van der Waals surface area contributed by atoms with Crippen LogP contribution in [0.3, 0.4) is 0 Å². The minimum Gasteiger partial charge on any atom is -0.487 e. The fraction of sp³-hybridized carbons (Fsp3) is 0.556. The highest BCUT2D eigenvalue weighted by molar-refractivity contribution is 6.32. The van der Waals surface area contributed by atoms with Crippen molar-refractivity contribution in [2.24, 2.45) is 0 Å². The van der Waals surface area contributed by atoms with Crippen molar-refractivity contribution in [1.29, 1.82) is 0 Å². The lowest BCUT2D eigenvalue weighted by atomic mass is 9.80. The average molecular weight is 369 g/mol. The number of methoxy groups -OCH3 is 1. The van der Waals surface area contributed by atoms with E-state index in [1.165, 1.54) is 6.92 Å². The van der Waals surface area contributed by atoms with Crippen LogP contribution in [0.2, 0.25) is 5.02 Å². The number of hydrogen-bond acceptors (Lipinski definition) is 4. The Kier molecular flexibility index (Phi) is 7.08. The van der Waals surface area contributed by atoms with Crippen LogP contribution in [-0.4, -0.2) is 37.7 Å². The smallest absolute Gasteiger partial charge is 0.250 e. The van der Waals surface area contributed by atoms with Crippen LogP contribution in [0.4, 0.5) is 5.69 Å². The standard InChI is InChI=1S/C18H25ClN2O4/c1-13(22)21-18(9-4-3-5-10-18)17(23)20-15-8-6-7-14(19)16(15)25-12-11-24-2/h6-8H,3-5,9-12H2,1-2H3,(H,20,23)(H,21,22). The van der Waals surface area contributed by atoms with Gasteiger partial charge in [-0.05, 0) is 25.0 Å². The summed E-state index contributed by atoms with van der Waals surface area (Å²) in [5.41, 5.74) is -0.389. The summed E-state index contributed by atoms with van der Waals surface area (Å²) >= 11 is 6.21. The van der Waals surface area contributed by atoms with Crippen molar-refractivity contribution in [3.05, 3.63) is 23.2 Å². The second kappa shape index (κ2) is 9.06. The van der Waals surface area contributed by atoms with Gasteiger partial charge < -0.3 is 20.1 Å². The molecule has 0 aliphatic heterocycles. The monoisotopic (exact) mass is 368 g/mol. The maximum atomic E-state index is 13.0. The molecule has 0 heterocycles. The van der Waals surface area contributed by atoms with Gasteiger partial charge in [-0.15, -0.1) is 0 Å². The third-order valence-electron chi connectivity index (χ3n) is 4.31. The Morgan fingerprint density at radius 2 is 1.92 bits per heavy atom. The third-order valence-corrected chi connectivity index (χ3v) is 4.60. The number of nitrogens with one attached hydrogen (secondary N) is 2. The highest BCUT2D eigenvalue weighted by Crippen LogP contribution is 2.35. The molecule has 0 atom stereocenters. The molecule has 0 radical (unpaired) electrons. The van der Waals surface area contributed by atoms with Crippen LogP contribution >= 0.6 is 11.6 Å². The normalized spacial score (nSPS) is 16.1.